The molecule has 5 aliphatic carbocycles. The van der Waals surface area contributed by atoms with Gasteiger partial charge >= 0.3 is 5.97 Å². The quantitative estimate of drug-likeness (QED) is 0.179. The Labute approximate surface area is 287 Å². The molecule has 6 aliphatic rings. The summed E-state index contributed by atoms with van der Waals surface area (Å²) in [4.78, 5) is 12.0. The van der Waals surface area contributed by atoms with Gasteiger partial charge in [0.25, 0.3) is 0 Å². The van der Waals surface area contributed by atoms with E-state index in [1.54, 1.807) is 21.0 Å². The fourth-order valence-corrected chi connectivity index (χ4v) is 13.3. The number of rotatable bonds is 9. The van der Waals surface area contributed by atoms with Crippen LogP contribution in [0.5, 0.6) is 0 Å². The van der Waals surface area contributed by atoms with Gasteiger partial charge in [-0.1, -0.05) is 34.6 Å². The fourth-order valence-electron chi connectivity index (χ4n) is 13.3. The lowest BCUT2D eigenvalue weighted by Crippen LogP contribution is -2.61. The molecule has 6 rings (SSSR count). The van der Waals surface area contributed by atoms with Gasteiger partial charge in [-0.15, -0.1) is 0 Å². The molecule has 0 aromatic heterocycles. The average Bonchev–Trinajstić information content (AvgIpc) is 3.62. The molecule has 2 spiro atoms. The van der Waals surface area contributed by atoms with Crippen molar-refractivity contribution in [1.82, 2.24) is 0 Å². The third-order valence-electron chi connectivity index (χ3n) is 15.9. The normalized spacial score (nSPS) is 49.8. The maximum Gasteiger partial charge on any atom is 0.303 e. The van der Waals surface area contributed by atoms with Gasteiger partial charge in [-0.2, -0.15) is 0 Å². The minimum atomic E-state index is -1.29. The average molecular weight is 681 g/mol. The molecule has 0 radical (unpaired) electrons. The maximum atomic E-state index is 12.1. The Morgan fingerprint density at radius 2 is 1.60 bits per heavy atom. The molecule has 1 saturated heterocycles. The van der Waals surface area contributed by atoms with Gasteiger partial charge in [0.15, 0.2) is 12.4 Å². The highest BCUT2D eigenvalue weighted by molar-refractivity contribution is 5.66. The van der Waals surface area contributed by atoms with Crippen LogP contribution in [0, 0.1) is 50.7 Å². The molecular formula is C38H64O10. The van der Waals surface area contributed by atoms with E-state index in [0.717, 1.165) is 44.9 Å². The van der Waals surface area contributed by atoms with E-state index in [9.17, 15) is 30.3 Å². The Bertz CT molecular complexity index is 1220. The van der Waals surface area contributed by atoms with E-state index in [-0.39, 0.29) is 51.6 Å². The van der Waals surface area contributed by atoms with Crippen LogP contribution in [0.2, 0.25) is 0 Å². The zero-order valence-electron chi connectivity index (χ0n) is 30.8. The van der Waals surface area contributed by atoms with Gasteiger partial charge in [0.05, 0.1) is 30.5 Å². The SMILES string of the molecule is COC(C[C@@H](C)[C@H]1C[C@H](O)[C@@]2(C)C3CC[C@H]4C(C)(C)C(O[C@@H]5OCC(O)C(O)[C@H]5O)CCC45CC35CCC12C)C(OC(C)=O)C(C)(C)O. The van der Waals surface area contributed by atoms with Gasteiger partial charge in [-0.25, -0.2) is 0 Å². The molecule has 9 unspecified atom stereocenters. The Balaban J connectivity index is 1.21. The molecule has 48 heavy (non-hydrogen) atoms. The lowest BCUT2D eigenvalue weighted by atomic mass is 9.41. The molecule has 0 amide bonds. The number of carbonyl (C=O) groups excluding carboxylic acids is 1. The van der Waals surface area contributed by atoms with Crippen molar-refractivity contribution in [2.45, 2.75) is 168 Å². The van der Waals surface area contributed by atoms with Crippen molar-refractivity contribution in [3.63, 3.8) is 0 Å². The summed E-state index contributed by atoms with van der Waals surface area (Å²) in [7, 11) is 1.61. The summed E-state index contributed by atoms with van der Waals surface area (Å²) >= 11 is 0. The predicted molar refractivity (Wildman–Crippen MR) is 177 cm³/mol. The highest BCUT2D eigenvalue weighted by atomic mass is 16.7. The van der Waals surface area contributed by atoms with E-state index in [0.29, 0.717) is 18.3 Å². The molecule has 0 aromatic rings. The number of hydrogen-bond acceptors (Lipinski definition) is 10. The third kappa shape index (κ3) is 5.20. The van der Waals surface area contributed by atoms with Gasteiger partial charge in [-0.05, 0) is 117 Å². The molecule has 1 aliphatic heterocycles. The van der Waals surface area contributed by atoms with Crippen LogP contribution in [0.4, 0.5) is 0 Å². The Morgan fingerprint density at radius 1 is 0.958 bits per heavy atom. The van der Waals surface area contributed by atoms with Crippen molar-refractivity contribution >= 4 is 5.97 Å². The first-order valence-corrected chi connectivity index (χ1v) is 18.6. The van der Waals surface area contributed by atoms with Crippen molar-refractivity contribution in [2.75, 3.05) is 13.7 Å². The van der Waals surface area contributed by atoms with Crippen LogP contribution in [-0.4, -0.2) is 99.8 Å². The molecular weight excluding hydrogens is 616 g/mol. The summed E-state index contributed by atoms with van der Waals surface area (Å²) in [6, 6.07) is 0. The summed E-state index contributed by atoms with van der Waals surface area (Å²) in [6.07, 6.45) is 2.30. The summed E-state index contributed by atoms with van der Waals surface area (Å²) in [5.74, 6) is 0.862. The van der Waals surface area contributed by atoms with Crippen LogP contribution in [0.25, 0.3) is 0 Å². The van der Waals surface area contributed by atoms with Gasteiger partial charge in [-0.3, -0.25) is 4.79 Å². The molecule has 5 saturated carbocycles. The minimum absolute atomic E-state index is 0.0637. The first kappa shape index (κ1) is 36.9. The number of carbonyl (C=O) groups is 1. The van der Waals surface area contributed by atoms with Crippen LogP contribution in [-0.2, 0) is 23.7 Å². The second-order valence-corrected chi connectivity index (χ2v) is 18.6. The zero-order chi connectivity index (χ0) is 35.4. The van der Waals surface area contributed by atoms with Gasteiger partial charge in [0.2, 0.25) is 0 Å². The molecule has 1 heterocycles. The van der Waals surface area contributed by atoms with Crippen LogP contribution < -0.4 is 0 Å². The zero-order valence-corrected chi connectivity index (χ0v) is 30.8. The highest BCUT2D eigenvalue weighted by Gasteiger charge is 2.83. The molecule has 10 heteroatoms. The van der Waals surface area contributed by atoms with E-state index in [1.165, 1.54) is 13.3 Å². The van der Waals surface area contributed by atoms with Crippen LogP contribution in [0.1, 0.15) is 113 Å². The monoisotopic (exact) mass is 680 g/mol. The van der Waals surface area contributed by atoms with Crippen molar-refractivity contribution in [3.8, 4) is 0 Å². The Kier molecular flexibility index (Phi) is 9.31. The summed E-state index contributed by atoms with van der Waals surface area (Å²) in [5.41, 5.74) is -1.33. The van der Waals surface area contributed by atoms with Crippen LogP contribution in [0.15, 0.2) is 0 Å². The topological polar surface area (TPSA) is 155 Å². The number of hydrogen-bond donors (Lipinski definition) is 5. The molecule has 0 bridgehead atoms. The molecule has 5 N–H and O–H groups in total. The van der Waals surface area contributed by atoms with E-state index in [4.69, 9.17) is 18.9 Å². The number of ether oxygens (including phenoxy) is 4. The number of aliphatic hydroxyl groups excluding tert-OH is 4. The predicted octanol–water partition coefficient (Wildman–Crippen LogP) is 3.96. The lowest BCUT2D eigenvalue weighted by molar-refractivity contribution is -0.303. The smallest absolute Gasteiger partial charge is 0.303 e. The number of methoxy groups -OCH3 is 1. The second-order valence-electron chi connectivity index (χ2n) is 18.6. The Morgan fingerprint density at radius 3 is 2.23 bits per heavy atom. The number of fused-ring (bicyclic) bond motifs is 2. The lowest BCUT2D eigenvalue weighted by Gasteiger charge is -2.64. The summed E-state index contributed by atoms with van der Waals surface area (Å²) in [5, 5.41) is 53.9. The molecule has 0 aromatic carbocycles. The fraction of sp³-hybridized carbons (Fsp3) is 0.974. The van der Waals surface area contributed by atoms with Gasteiger partial charge in [0, 0.05) is 19.4 Å². The van der Waals surface area contributed by atoms with E-state index in [1.807, 2.05) is 0 Å². The molecule has 276 valence electrons. The highest BCUT2D eigenvalue weighted by Crippen LogP contribution is 2.89. The maximum absolute atomic E-state index is 12.1. The van der Waals surface area contributed by atoms with Crippen molar-refractivity contribution in [2.24, 2.45) is 50.7 Å². The van der Waals surface area contributed by atoms with Crippen molar-refractivity contribution < 1.29 is 49.3 Å². The number of esters is 1. The van der Waals surface area contributed by atoms with Crippen LogP contribution >= 0.6 is 0 Å². The first-order chi connectivity index (χ1) is 22.2. The molecule has 6 fully saturated rings. The summed E-state index contributed by atoms with van der Waals surface area (Å²) in [6.45, 7) is 16.3. The largest absolute Gasteiger partial charge is 0.457 e. The number of aliphatic hydroxyl groups is 5. The van der Waals surface area contributed by atoms with Gasteiger partial charge in [0.1, 0.15) is 18.3 Å². The van der Waals surface area contributed by atoms with Crippen molar-refractivity contribution in [3.05, 3.63) is 0 Å². The molecule has 10 nitrogen and oxygen atoms in total. The van der Waals surface area contributed by atoms with E-state index < -0.39 is 54.5 Å². The summed E-state index contributed by atoms with van der Waals surface area (Å²) < 4.78 is 23.6. The van der Waals surface area contributed by atoms with Gasteiger partial charge < -0.3 is 44.5 Å². The first-order valence-electron chi connectivity index (χ1n) is 18.6. The third-order valence-corrected chi connectivity index (χ3v) is 15.9. The van der Waals surface area contributed by atoms with E-state index in [2.05, 4.69) is 34.6 Å². The van der Waals surface area contributed by atoms with Crippen molar-refractivity contribution in [1.29, 1.82) is 0 Å². The van der Waals surface area contributed by atoms with E-state index >= 15 is 0 Å². The standard InChI is InChI=1S/C38H64O10/c1-20(16-24(45-9)31(34(5,6)44)47-21(2)39)22-17-27(41)36(8)26-11-10-25-33(3,4)28(48-32-30(43)29(42)23(40)18-46-32)12-13-37(25)19-38(26,37)15-14-35(22,36)7/h20,22-32,40-44H,10-19H2,1-9H3/t20-,22-,23?,24?,25+,26?,27+,28?,29?,30-,31?,32+,35?,36-,37?,38?/m1/s1. The molecule has 16 atom stereocenters. The van der Waals surface area contributed by atoms with Crippen LogP contribution in [0.3, 0.4) is 0 Å². The minimum Gasteiger partial charge on any atom is -0.457 e. The Hall–Kier alpha value is -0.850. The second kappa shape index (κ2) is 12.1.